The van der Waals surface area contributed by atoms with Gasteiger partial charge >= 0.3 is 6.09 Å². The fraction of sp³-hybridized carbons (Fsp3) is 0.361. The molecule has 5 rings (SSSR count). The number of H-pyrrole nitrogens is 1. The van der Waals surface area contributed by atoms with Gasteiger partial charge in [-0.05, 0) is 54.7 Å². The molecule has 12 nitrogen and oxygen atoms in total. The Labute approximate surface area is 286 Å². The number of alkyl carbamates (subject to hydrolysis) is 1. The normalized spacial score (nSPS) is 16.9. The number of ether oxygens (including phenoxy) is 3. The lowest BCUT2D eigenvalue weighted by Crippen LogP contribution is -2.45. The van der Waals surface area contributed by atoms with Crippen LogP contribution in [0.4, 0.5) is 10.6 Å². The predicted molar refractivity (Wildman–Crippen MR) is 185 cm³/mol. The summed E-state index contributed by atoms with van der Waals surface area (Å²) >= 11 is 0. The number of amides is 2. The van der Waals surface area contributed by atoms with E-state index in [0.717, 1.165) is 16.7 Å². The Bertz CT molecular complexity index is 1710. The van der Waals surface area contributed by atoms with Crippen LogP contribution in [-0.2, 0) is 30.5 Å². The fourth-order valence-corrected chi connectivity index (χ4v) is 6.47. The van der Waals surface area contributed by atoms with Gasteiger partial charge in [-0.15, -0.1) is 0 Å². The lowest BCUT2D eigenvalue weighted by Gasteiger charge is -2.31. The SMILES string of the molecule is COC(=O)N[C@@H](CC(c1ccccc1)c1ccccc1)C(=O)Nc1n[nH]cc1CC[C@@H]1CNC[C@@H](CCOc2ccc(S(C)(=O)=O)cc2)O1. The second kappa shape index (κ2) is 17.1. The van der Waals surface area contributed by atoms with E-state index in [1.165, 1.54) is 25.5 Å². The van der Waals surface area contributed by atoms with Gasteiger partial charge in [-0.25, -0.2) is 13.2 Å². The summed E-state index contributed by atoms with van der Waals surface area (Å²) in [6.45, 7) is 1.81. The molecule has 260 valence electrons. The van der Waals surface area contributed by atoms with Gasteiger partial charge in [0.05, 0.1) is 30.8 Å². The molecular formula is C36H43N5O7S. The minimum atomic E-state index is -3.26. The molecule has 0 aliphatic carbocycles. The highest BCUT2D eigenvalue weighted by Gasteiger charge is 2.29. The van der Waals surface area contributed by atoms with Crippen molar-refractivity contribution < 1.29 is 32.2 Å². The van der Waals surface area contributed by atoms with Crippen LogP contribution in [0.1, 0.15) is 41.9 Å². The smallest absolute Gasteiger partial charge is 0.407 e. The van der Waals surface area contributed by atoms with Gasteiger partial charge in [0.2, 0.25) is 5.91 Å². The van der Waals surface area contributed by atoms with Crippen molar-refractivity contribution in [1.29, 1.82) is 0 Å². The predicted octanol–water partition coefficient (Wildman–Crippen LogP) is 4.46. The van der Waals surface area contributed by atoms with Crippen molar-refractivity contribution in [3.8, 4) is 5.75 Å². The molecule has 1 saturated heterocycles. The van der Waals surface area contributed by atoms with Crippen LogP contribution in [0.3, 0.4) is 0 Å². The second-order valence-electron chi connectivity index (χ2n) is 12.0. The molecular weight excluding hydrogens is 646 g/mol. The molecule has 4 aromatic rings. The highest BCUT2D eigenvalue weighted by molar-refractivity contribution is 7.90. The number of rotatable bonds is 15. The van der Waals surface area contributed by atoms with E-state index in [4.69, 9.17) is 14.2 Å². The number of morpholine rings is 1. The summed E-state index contributed by atoms with van der Waals surface area (Å²) in [5, 5.41) is 16.2. The third-order valence-electron chi connectivity index (χ3n) is 8.46. The molecule has 3 aromatic carbocycles. The molecule has 49 heavy (non-hydrogen) atoms. The van der Waals surface area contributed by atoms with Crippen LogP contribution in [0.5, 0.6) is 5.75 Å². The van der Waals surface area contributed by atoms with E-state index in [-0.39, 0.29) is 23.0 Å². The minimum absolute atomic E-state index is 0.0510. The Hall–Kier alpha value is -4.72. The van der Waals surface area contributed by atoms with Gasteiger partial charge in [0, 0.05) is 43.4 Å². The maximum Gasteiger partial charge on any atom is 0.407 e. The Balaban J connectivity index is 1.16. The number of carbonyl (C=O) groups is 2. The van der Waals surface area contributed by atoms with Crippen LogP contribution in [0.25, 0.3) is 0 Å². The summed E-state index contributed by atoms with van der Waals surface area (Å²) in [5.41, 5.74) is 2.86. The number of nitrogens with one attached hydrogen (secondary N) is 4. The zero-order valence-electron chi connectivity index (χ0n) is 27.6. The molecule has 1 aromatic heterocycles. The molecule has 0 bridgehead atoms. The van der Waals surface area contributed by atoms with Crippen molar-refractivity contribution >= 4 is 27.7 Å². The highest BCUT2D eigenvalue weighted by atomic mass is 32.2. The van der Waals surface area contributed by atoms with Crippen LogP contribution >= 0.6 is 0 Å². The summed E-state index contributed by atoms with van der Waals surface area (Å²) in [6.07, 6.45) is 4.36. The van der Waals surface area contributed by atoms with E-state index in [1.807, 2.05) is 60.7 Å². The molecule has 0 saturated carbocycles. The summed E-state index contributed by atoms with van der Waals surface area (Å²) in [6, 6.07) is 25.2. The van der Waals surface area contributed by atoms with Crippen molar-refractivity contribution in [3.05, 3.63) is 108 Å². The largest absolute Gasteiger partial charge is 0.493 e. The number of sulfone groups is 1. The fourth-order valence-electron chi connectivity index (χ4n) is 5.84. The topological polar surface area (TPSA) is 161 Å². The second-order valence-corrected chi connectivity index (χ2v) is 14.0. The standard InChI is InChI=1S/C36H43N5O7S/c1-46-36(43)39-33(21-32(25-9-5-3-6-10-25)26-11-7-4-8-12-26)35(42)40-34-27(22-38-41-34)13-14-29-23-37-24-30(48-29)19-20-47-28-15-17-31(18-16-28)49(2,44)45/h3-12,15-18,22,29-30,32-33,37H,13-14,19-21,23-24H2,1-2H3,(H,39,43)(H2,38,40,41,42)/t29-,30-,33+/m1/s1. The quantitative estimate of drug-likeness (QED) is 0.141. The van der Waals surface area contributed by atoms with Crippen molar-refractivity contribution in [1.82, 2.24) is 20.8 Å². The van der Waals surface area contributed by atoms with Gasteiger partial charge in [-0.1, -0.05) is 60.7 Å². The average molecular weight is 690 g/mol. The lowest BCUT2D eigenvalue weighted by molar-refractivity contribution is -0.118. The summed E-state index contributed by atoms with van der Waals surface area (Å²) in [7, 11) is -1.99. The first kappa shape index (κ1) is 35.6. The van der Waals surface area contributed by atoms with Crippen molar-refractivity contribution in [3.63, 3.8) is 0 Å². The van der Waals surface area contributed by atoms with Crippen molar-refractivity contribution in [2.45, 2.75) is 54.7 Å². The van der Waals surface area contributed by atoms with Gasteiger partial charge in [0.25, 0.3) is 0 Å². The van der Waals surface area contributed by atoms with Gasteiger partial charge in [-0.2, -0.15) is 5.10 Å². The Kier molecular flexibility index (Phi) is 12.4. The zero-order chi connectivity index (χ0) is 34.6. The minimum Gasteiger partial charge on any atom is -0.493 e. The van der Waals surface area contributed by atoms with E-state index in [2.05, 4.69) is 26.1 Å². The van der Waals surface area contributed by atoms with Gasteiger partial charge in [0.15, 0.2) is 15.7 Å². The number of nitrogens with zero attached hydrogens (tertiary/aromatic N) is 1. The van der Waals surface area contributed by atoms with Gasteiger partial charge in [0.1, 0.15) is 11.8 Å². The monoisotopic (exact) mass is 689 g/mol. The van der Waals surface area contributed by atoms with Crippen LogP contribution in [0.2, 0.25) is 0 Å². The lowest BCUT2D eigenvalue weighted by atomic mass is 9.85. The van der Waals surface area contributed by atoms with E-state index >= 15 is 0 Å². The first-order valence-electron chi connectivity index (χ1n) is 16.3. The Morgan fingerprint density at radius 2 is 1.57 bits per heavy atom. The number of anilines is 1. The number of aromatic amines is 1. The number of aromatic nitrogens is 2. The van der Waals surface area contributed by atoms with Crippen LogP contribution in [0, 0.1) is 0 Å². The summed E-state index contributed by atoms with van der Waals surface area (Å²) in [4.78, 5) is 26.3. The van der Waals surface area contributed by atoms with Crippen molar-refractivity contribution in [2.75, 3.05) is 38.4 Å². The molecule has 3 atom stereocenters. The summed E-state index contributed by atoms with van der Waals surface area (Å²) in [5.74, 6) is 0.427. The maximum absolute atomic E-state index is 13.7. The molecule has 0 unspecified atom stereocenters. The molecule has 1 aliphatic heterocycles. The van der Waals surface area contributed by atoms with Gasteiger partial charge < -0.3 is 30.2 Å². The van der Waals surface area contributed by atoms with E-state index < -0.39 is 27.9 Å². The summed E-state index contributed by atoms with van der Waals surface area (Å²) < 4.78 is 40.4. The molecule has 1 fully saturated rings. The third-order valence-corrected chi connectivity index (χ3v) is 9.58. The van der Waals surface area contributed by atoms with Crippen LogP contribution < -0.4 is 20.7 Å². The van der Waals surface area contributed by atoms with Crippen LogP contribution in [0.15, 0.2) is 96.0 Å². The van der Waals surface area contributed by atoms with Crippen molar-refractivity contribution in [2.24, 2.45) is 0 Å². The number of hydrogen-bond donors (Lipinski definition) is 4. The molecule has 4 N–H and O–H groups in total. The van der Waals surface area contributed by atoms with E-state index in [9.17, 15) is 18.0 Å². The molecule has 0 spiro atoms. The molecule has 13 heteroatoms. The van der Waals surface area contributed by atoms with E-state index in [1.54, 1.807) is 18.3 Å². The number of hydrogen-bond acceptors (Lipinski definition) is 9. The highest BCUT2D eigenvalue weighted by Crippen LogP contribution is 2.30. The first-order valence-corrected chi connectivity index (χ1v) is 18.2. The number of methoxy groups -OCH3 is 1. The van der Waals surface area contributed by atoms with Crippen LogP contribution in [-0.4, -0.2) is 81.9 Å². The number of benzene rings is 3. The maximum atomic E-state index is 13.7. The number of aryl methyl sites for hydroxylation is 1. The first-order chi connectivity index (χ1) is 23.7. The van der Waals surface area contributed by atoms with E-state index in [0.29, 0.717) is 56.9 Å². The number of carbonyl (C=O) groups excluding carboxylic acids is 2. The molecule has 1 aliphatic rings. The zero-order valence-corrected chi connectivity index (χ0v) is 28.4. The third kappa shape index (κ3) is 10.4. The van der Waals surface area contributed by atoms with Gasteiger partial charge in [-0.3, -0.25) is 9.89 Å². The Morgan fingerprint density at radius 3 is 2.18 bits per heavy atom. The Morgan fingerprint density at radius 1 is 0.939 bits per heavy atom. The average Bonchev–Trinajstić information content (AvgIpc) is 3.56. The molecule has 2 heterocycles. The molecule has 0 radical (unpaired) electrons. The molecule has 2 amide bonds.